The summed E-state index contributed by atoms with van der Waals surface area (Å²) in [6.07, 6.45) is 3.68. The molecular weight excluding hydrogens is 326 g/mol. The second kappa shape index (κ2) is 9.19. The molecular formula is C18H26ClN3O2. The maximum absolute atomic E-state index is 9.43. The van der Waals surface area contributed by atoms with Gasteiger partial charge in [-0.1, -0.05) is 56.5 Å². The third-order valence-electron chi connectivity index (χ3n) is 4.04. The molecule has 1 aromatic rings. The fraction of sp³-hybridized carbons (Fsp3) is 0.611. The molecule has 0 radical (unpaired) electrons. The van der Waals surface area contributed by atoms with Gasteiger partial charge in [-0.15, -0.1) is 0 Å². The Morgan fingerprint density at radius 3 is 2.50 bits per heavy atom. The number of anilines is 1. The first-order valence-electron chi connectivity index (χ1n) is 8.66. The lowest BCUT2D eigenvalue weighted by atomic mass is 10.3. The van der Waals surface area contributed by atoms with E-state index in [-0.39, 0.29) is 0 Å². The van der Waals surface area contributed by atoms with E-state index < -0.39 is 11.4 Å². The van der Waals surface area contributed by atoms with Gasteiger partial charge in [0.15, 0.2) is 0 Å². The first kappa shape index (κ1) is 18.9. The molecule has 2 atom stereocenters. The molecule has 5 nitrogen and oxygen atoms in total. The topological polar surface area (TPSA) is 58.1 Å². The first-order chi connectivity index (χ1) is 11.7. The molecule has 0 spiro atoms. The van der Waals surface area contributed by atoms with Crippen LogP contribution in [0.4, 0.5) is 5.69 Å². The van der Waals surface area contributed by atoms with Crippen molar-refractivity contribution in [3.8, 4) is 0 Å². The number of rotatable bonds is 9. The highest BCUT2D eigenvalue weighted by molar-refractivity contribution is 6.27. The molecule has 132 valence electrons. The minimum absolute atomic E-state index is 0.292. The van der Waals surface area contributed by atoms with Crippen LogP contribution in [0.3, 0.4) is 0 Å². The second-order valence-corrected chi connectivity index (χ2v) is 6.53. The summed E-state index contributed by atoms with van der Waals surface area (Å²) < 4.78 is 12.0. The van der Waals surface area contributed by atoms with Crippen molar-refractivity contribution >= 4 is 23.0 Å². The highest BCUT2D eigenvalue weighted by Crippen LogP contribution is 2.41. The number of unbranched alkanes of at least 4 members (excludes halogenated alkanes) is 2. The number of para-hydroxylation sites is 1. The average Bonchev–Trinajstić information content (AvgIpc) is 2.88. The summed E-state index contributed by atoms with van der Waals surface area (Å²) in [5.41, 5.74) is 10.8. The molecule has 1 aromatic carbocycles. The van der Waals surface area contributed by atoms with Crippen LogP contribution in [-0.4, -0.2) is 35.1 Å². The third kappa shape index (κ3) is 4.37. The van der Waals surface area contributed by atoms with E-state index in [2.05, 4.69) is 18.6 Å². The Hall–Kier alpha value is -1.39. The summed E-state index contributed by atoms with van der Waals surface area (Å²) in [7, 11) is 0. The molecule has 0 aliphatic carbocycles. The maximum atomic E-state index is 9.43. The SMILES string of the molecule is CCCCOC1C(=[N+]=[N-])CC(Cl)(OCCCC)N1c1ccccc1. The number of hydrogen-bond acceptors (Lipinski definition) is 3. The van der Waals surface area contributed by atoms with Crippen molar-refractivity contribution in [1.82, 2.24) is 0 Å². The van der Waals surface area contributed by atoms with Crippen molar-refractivity contribution in [2.45, 2.75) is 57.4 Å². The predicted octanol–water partition coefficient (Wildman–Crippen LogP) is 4.42. The van der Waals surface area contributed by atoms with E-state index in [0.29, 0.717) is 25.3 Å². The van der Waals surface area contributed by atoms with E-state index in [4.69, 9.17) is 21.1 Å². The Balaban J connectivity index is 2.30. The Morgan fingerprint density at radius 1 is 1.21 bits per heavy atom. The first-order valence-corrected chi connectivity index (χ1v) is 9.03. The van der Waals surface area contributed by atoms with E-state index in [1.54, 1.807) is 0 Å². The number of nitrogens with zero attached hydrogens (tertiary/aromatic N) is 3. The standard InChI is InChI=1S/C18H26ClN3O2/c1-3-5-12-23-17-16(21-20)14-18(19,24-13-6-4-2)22(17)15-10-8-7-9-11-15/h7-11,17H,3-6,12-14H2,1-2H3. The molecule has 1 saturated heterocycles. The molecule has 0 amide bonds. The van der Waals surface area contributed by atoms with Gasteiger partial charge in [0.05, 0.1) is 6.61 Å². The summed E-state index contributed by atoms with van der Waals surface area (Å²) in [5, 5.41) is -1.10. The van der Waals surface area contributed by atoms with E-state index in [1.807, 2.05) is 35.2 Å². The summed E-state index contributed by atoms with van der Waals surface area (Å²) in [5.74, 6) is 0. The summed E-state index contributed by atoms with van der Waals surface area (Å²) in [4.78, 5) is 5.30. The minimum Gasteiger partial charge on any atom is -0.361 e. The van der Waals surface area contributed by atoms with Crippen LogP contribution in [0.2, 0.25) is 0 Å². The van der Waals surface area contributed by atoms with Crippen molar-refractivity contribution in [1.29, 1.82) is 0 Å². The third-order valence-corrected chi connectivity index (χ3v) is 4.46. The van der Waals surface area contributed by atoms with Gasteiger partial charge in [-0.2, -0.15) is 4.79 Å². The van der Waals surface area contributed by atoms with Gasteiger partial charge < -0.3 is 15.0 Å². The van der Waals surface area contributed by atoms with Gasteiger partial charge in [-0.25, -0.2) is 0 Å². The molecule has 6 heteroatoms. The van der Waals surface area contributed by atoms with Crippen LogP contribution in [0, 0.1) is 0 Å². The summed E-state index contributed by atoms with van der Waals surface area (Å²) in [6.45, 7) is 5.33. The Morgan fingerprint density at radius 2 is 1.88 bits per heavy atom. The van der Waals surface area contributed by atoms with Crippen molar-refractivity contribution in [2.24, 2.45) is 0 Å². The maximum Gasteiger partial charge on any atom is 0.324 e. The average molecular weight is 352 g/mol. The normalized spacial score (nSPS) is 23.5. The lowest BCUT2D eigenvalue weighted by Gasteiger charge is -2.35. The van der Waals surface area contributed by atoms with E-state index in [1.165, 1.54) is 0 Å². The Labute approximate surface area is 149 Å². The van der Waals surface area contributed by atoms with Gasteiger partial charge in [-0.05, 0) is 25.0 Å². The highest BCUT2D eigenvalue weighted by Gasteiger charge is 2.55. The van der Waals surface area contributed by atoms with E-state index >= 15 is 0 Å². The van der Waals surface area contributed by atoms with Crippen LogP contribution in [0.25, 0.3) is 5.53 Å². The van der Waals surface area contributed by atoms with Gasteiger partial charge in [0, 0.05) is 12.3 Å². The van der Waals surface area contributed by atoms with Crippen molar-refractivity contribution in [3.05, 3.63) is 35.9 Å². The quantitative estimate of drug-likeness (QED) is 0.217. The van der Waals surface area contributed by atoms with Crippen molar-refractivity contribution in [2.75, 3.05) is 18.1 Å². The zero-order valence-electron chi connectivity index (χ0n) is 14.4. The molecule has 1 aliphatic heterocycles. The van der Waals surface area contributed by atoms with Crippen molar-refractivity contribution < 1.29 is 14.3 Å². The van der Waals surface area contributed by atoms with Crippen molar-refractivity contribution in [3.63, 3.8) is 0 Å². The zero-order chi connectivity index (χ0) is 17.4. The molecule has 1 fully saturated rings. The molecule has 0 N–H and O–H groups in total. The molecule has 0 saturated carbocycles. The summed E-state index contributed by atoms with van der Waals surface area (Å²) >= 11 is 6.82. The summed E-state index contributed by atoms with van der Waals surface area (Å²) in [6, 6.07) is 9.74. The fourth-order valence-corrected chi connectivity index (χ4v) is 3.13. The van der Waals surface area contributed by atoms with Crippen LogP contribution in [0.5, 0.6) is 0 Å². The lowest BCUT2D eigenvalue weighted by molar-refractivity contribution is -0.0290. The van der Waals surface area contributed by atoms with Gasteiger partial charge in [0.1, 0.15) is 6.42 Å². The highest BCUT2D eigenvalue weighted by atomic mass is 35.5. The molecule has 0 aromatic heterocycles. The van der Waals surface area contributed by atoms with Gasteiger partial charge >= 0.3 is 5.71 Å². The van der Waals surface area contributed by atoms with E-state index in [0.717, 1.165) is 31.4 Å². The number of benzene rings is 1. The number of hydrogen-bond donors (Lipinski definition) is 0. The fourth-order valence-electron chi connectivity index (χ4n) is 2.73. The largest absolute Gasteiger partial charge is 0.361 e. The molecule has 2 unspecified atom stereocenters. The number of halogens is 1. The molecule has 1 aliphatic rings. The van der Waals surface area contributed by atoms with E-state index in [9.17, 15) is 5.53 Å². The molecule has 1 heterocycles. The van der Waals surface area contributed by atoms with Gasteiger partial charge in [0.25, 0.3) is 0 Å². The molecule has 24 heavy (non-hydrogen) atoms. The predicted molar refractivity (Wildman–Crippen MR) is 96.3 cm³/mol. The monoisotopic (exact) mass is 351 g/mol. The van der Waals surface area contributed by atoms with Gasteiger partial charge in [-0.3, -0.25) is 4.90 Å². The van der Waals surface area contributed by atoms with Crippen LogP contribution in [0.1, 0.15) is 46.0 Å². The van der Waals surface area contributed by atoms with Crippen LogP contribution >= 0.6 is 11.6 Å². The lowest BCUT2D eigenvalue weighted by Crippen LogP contribution is -2.47. The number of alkyl halides is 1. The van der Waals surface area contributed by atoms with Crippen LogP contribution in [0.15, 0.2) is 30.3 Å². The Bertz CT molecular complexity index is 563. The number of ether oxygens (including phenoxy) is 2. The molecule has 2 rings (SSSR count). The zero-order valence-corrected chi connectivity index (χ0v) is 15.2. The smallest absolute Gasteiger partial charge is 0.324 e. The Kier molecular flexibility index (Phi) is 7.25. The molecule has 0 bridgehead atoms. The van der Waals surface area contributed by atoms with Crippen LogP contribution < -0.4 is 4.90 Å². The minimum atomic E-state index is -1.10. The second-order valence-electron chi connectivity index (χ2n) is 5.94. The van der Waals surface area contributed by atoms with Crippen LogP contribution in [-0.2, 0) is 9.47 Å². The van der Waals surface area contributed by atoms with Gasteiger partial charge in [0.2, 0.25) is 11.4 Å².